The molecule has 4 saturated carbocycles. The lowest BCUT2D eigenvalue weighted by Gasteiger charge is -2.56. The van der Waals surface area contributed by atoms with Gasteiger partial charge in [0.25, 0.3) is 0 Å². The molecule has 0 saturated heterocycles. The summed E-state index contributed by atoms with van der Waals surface area (Å²) in [5.74, 6) is 7.61. The molecule has 4 bridgehead atoms. The molecule has 198 valence electrons. The van der Waals surface area contributed by atoms with Crippen molar-refractivity contribution in [2.45, 2.75) is 89.4 Å². The van der Waals surface area contributed by atoms with Gasteiger partial charge in [-0.25, -0.2) is 19.9 Å². The molecule has 2 aromatic heterocycles. The van der Waals surface area contributed by atoms with E-state index < -0.39 is 0 Å². The Morgan fingerprint density at radius 2 is 1.71 bits per heavy atom. The Labute approximate surface area is 227 Å². The zero-order chi connectivity index (χ0) is 25.9. The molecule has 5 aliphatic rings. The Kier molecular flexibility index (Phi) is 6.01. The number of allylic oxidation sites excluding steroid dienone is 2. The van der Waals surface area contributed by atoms with E-state index in [1.807, 2.05) is 6.20 Å². The zero-order valence-electron chi connectivity index (χ0n) is 23.2. The second kappa shape index (κ2) is 9.43. The number of nitrogens with zero attached hydrogens (tertiary/aromatic N) is 5. The van der Waals surface area contributed by atoms with Gasteiger partial charge in [-0.1, -0.05) is 37.3 Å². The minimum Gasteiger partial charge on any atom is -0.331 e. The van der Waals surface area contributed by atoms with Crippen molar-refractivity contribution in [2.24, 2.45) is 30.7 Å². The maximum Gasteiger partial charge on any atom is 0.163 e. The molecule has 5 heteroatoms. The molecule has 0 amide bonds. The summed E-state index contributed by atoms with van der Waals surface area (Å²) < 4.78 is 2.15. The van der Waals surface area contributed by atoms with Gasteiger partial charge in [-0.15, -0.1) is 0 Å². The third kappa shape index (κ3) is 4.32. The second-order valence-corrected chi connectivity index (χ2v) is 13.2. The van der Waals surface area contributed by atoms with Crippen LogP contribution in [0.3, 0.4) is 0 Å². The Hall–Kier alpha value is -2.82. The molecule has 38 heavy (non-hydrogen) atoms. The van der Waals surface area contributed by atoms with Crippen LogP contribution in [0.25, 0.3) is 22.8 Å². The number of benzene rings is 1. The van der Waals surface area contributed by atoms with Crippen molar-refractivity contribution in [1.82, 2.24) is 24.5 Å². The predicted octanol–water partition coefficient (Wildman–Crippen LogP) is 7.57. The van der Waals surface area contributed by atoms with Gasteiger partial charge in [-0.2, -0.15) is 0 Å². The smallest absolute Gasteiger partial charge is 0.163 e. The molecule has 2 atom stereocenters. The molecule has 0 N–H and O–H groups in total. The molecule has 2 unspecified atom stereocenters. The lowest BCUT2D eigenvalue weighted by molar-refractivity contribution is -0.00959. The fourth-order valence-corrected chi connectivity index (χ4v) is 8.60. The molecule has 5 aliphatic carbocycles. The standard InChI is InChI=1S/C33H41N5/c1-21(12-23-8-5-4-6-9-23)29-35-30(27-10-7-11-28(16-27)31-34-20-22(2)38(31)3)37-32(36-29)33-17-24-13-25(18-33)15-26(14-24)19-33/h4-5,7,10-11,16,20-21,23-26H,6,8-9,12-15,17-19H2,1-3H3. The summed E-state index contributed by atoms with van der Waals surface area (Å²) >= 11 is 0. The number of aromatic nitrogens is 5. The van der Waals surface area contributed by atoms with Gasteiger partial charge in [0.1, 0.15) is 17.5 Å². The first-order valence-corrected chi connectivity index (χ1v) is 15.0. The Morgan fingerprint density at radius 1 is 0.974 bits per heavy atom. The Bertz CT molecular complexity index is 1330. The molecule has 0 aliphatic heterocycles. The maximum atomic E-state index is 5.36. The second-order valence-electron chi connectivity index (χ2n) is 13.2. The minimum atomic E-state index is 0.156. The van der Waals surface area contributed by atoms with Crippen LogP contribution < -0.4 is 0 Å². The minimum absolute atomic E-state index is 0.156. The number of hydrogen-bond acceptors (Lipinski definition) is 4. The van der Waals surface area contributed by atoms with Crippen LogP contribution in [0.2, 0.25) is 0 Å². The first-order valence-electron chi connectivity index (χ1n) is 15.0. The van der Waals surface area contributed by atoms with Gasteiger partial charge in [0, 0.05) is 41.4 Å². The molecular formula is C33H41N5. The molecule has 2 heterocycles. The van der Waals surface area contributed by atoms with Crippen LogP contribution in [0.1, 0.15) is 94.4 Å². The zero-order valence-corrected chi connectivity index (χ0v) is 23.2. The van der Waals surface area contributed by atoms with E-state index in [9.17, 15) is 0 Å². The van der Waals surface area contributed by atoms with Gasteiger partial charge in [-0.05, 0) is 101 Å². The molecule has 5 nitrogen and oxygen atoms in total. The van der Waals surface area contributed by atoms with E-state index in [-0.39, 0.29) is 5.41 Å². The third-order valence-corrected chi connectivity index (χ3v) is 10.3. The summed E-state index contributed by atoms with van der Waals surface area (Å²) in [7, 11) is 2.08. The van der Waals surface area contributed by atoms with Crippen LogP contribution in [-0.4, -0.2) is 24.5 Å². The molecule has 1 aromatic carbocycles. The van der Waals surface area contributed by atoms with Crippen molar-refractivity contribution in [2.75, 3.05) is 0 Å². The summed E-state index contributed by atoms with van der Waals surface area (Å²) in [6.45, 7) is 4.44. The third-order valence-electron chi connectivity index (χ3n) is 10.3. The highest BCUT2D eigenvalue weighted by Gasteiger charge is 2.53. The maximum absolute atomic E-state index is 5.36. The average molecular weight is 508 g/mol. The van der Waals surface area contributed by atoms with E-state index in [2.05, 4.69) is 66.9 Å². The summed E-state index contributed by atoms with van der Waals surface area (Å²) in [6.07, 6.45) is 19.6. The predicted molar refractivity (Wildman–Crippen MR) is 152 cm³/mol. The number of rotatable bonds is 6. The Balaban J connectivity index is 1.29. The molecule has 4 fully saturated rings. The summed E-state index contributed by atoms with van der Waals surface area (Å²) in [4.78, 5) is 20.6. The highest BCUT2D eigenvalue weighted by atomic mass is 15.1. The first kappa shape index (κ1) is 24.2. The average Bonchev–Trinajstić information content (AvgIpc) is 3.26. The Morgan fingerprint density at radius 3 is 2.37 bits per heavy atom. The summed E-state index contributed by atoms with van der Waals surface area (Å²) in [5.41, 5.74) is 3.50. The largest absolute Gasteiger partial charge is 0.331 e. The number of imidazole rings is 1. The monoisotopic (exact) mass is 507 g/mol. The van der Waals surface area contributed by atoms with Crippen molar-refractivity contribution in [3.63, 3.8) is 0 Å². The van der Waals surface area contributed by atoms with Gasteiger partial charge in [-0.3, -0.25) is 0 Å². The van der Waals surface area contributed by atoms with Crippen molar-refractivity contribution in [1.29, 1.82) is 0 Å². The van der Waals surface area contributed by atoms with Crippen molar-refractivity contribution < 1.29 is 0 Å². The van der Waals surface area contributed by atoms with Crippen LogP contribution in [0.4, 0.5) is 0 Å². The lowest BCUT2D eigenvalue weighted by Crippen LogP contribution is -2.49. The van der Waals surface area contributed by atoms with Crippen LogP contribution in [0.5, 0.6) is 0 Å². The first-order chi connectivity index (χ1) is 18.5. The topological polar surface area (TPSA) is 56.5 Å². The molecule has 8 rings (SSSR count). The van der Waals surface area contributed by atoms with Gasteiger partial charge in [0.05, 0.1) is 0 Å². The van der Waals surface area contributed by atoms with Crippen molar-refractivity contribution >= 4 is 0 Å². The van der Waals surface area contributed by atoms with E-state index in [1.54, 1.807) is 0 Å². The highest BCUT2D eigenvalue weighted by Crippen LogP contribution is 2.60. The normalized spacial score (nSPS) is 30.6. The van der Waals surface area contributed by atoms with Gasteiger partial charge >= 0.3 is 0 Å². The fourth-order valence-electron chi connectivity index (χ4n) is 8.60. The van der Waals surface area contributed by atoms with E-state index in [1.165, 1.54) is 57.8 Å². The van der Waals surface area contributed by atoms with Gasteiger partial charge < -0.3 is 4.57 Å². The van der Waals surface area contributed by atoms with Gasteiger partial charge in [0.15, 0.2) is 5.82 Å². The van der Waals surface area contributed by atoms with Gasteiger partial charge in [0.2, 0.25) is 0 Å². The number of hydrogen-bond donors (Lipinski definition) is 0. The van der Waals surface area contributed by atoms with Crippen LogP contribution in [-0.2, 0) is 12.5 Å². The van der Waals surface area contributed by atoms with E-state index in [0.29, 0.717) is 5.92 Å². The highest BCUT2D eigenvalue weighted by molar-refractivity contribution is 5.66. The van der Waals surface area contributed by atoms with Crippen LogP contribution in [0.15, 0.2) is 42.6 Å². The molecule has 0 radical (unpaired) electrons. The summed E-state index contributed by atoms with van der Waals surface area (Å²) in [6, 6.07) is 8.66. The molecular weight excluding hydrogens is 466 g/mol. The van der Waals surface area contributed by atoms with Crippen LogP contribution in [0, 0.1) is 30.6 Å². The van der Waals surface area contributed by atoms with Crippen molar-refractivity contribution in [3.05, 3.63) is 60.0 Å². The van der Waals surface area contributed by atoms with E-state index in [4.69, 9.17) is 15.0 Å². The number of aryl methyl sites for hydroxylation is 1. The van der Waals surface area contributed by atoms with Crippen LogP contribution >= 0.6 is 0 Å². The SMILES string of the molecule is Cc1cnc(-c2cccc(-c3nc(C(C)CC4CC=CCC4)nc(C45CC6CC(CC(C6)C4)C5)n3)c2)n1C. The fraction of sp³-hybridized carbons (Fsp3) is 0.576. The molecule has 3 aromatic rings. The molecule has 0 spiro atoms. The van der Waals surface area contributed by atoms with E-state index >= 15 is 0 Å². The van der Waals surface area contributed by atoms with E-state index in [0.717, 1.165) is 70.2 Å². The summed E-state index contributed by atoms with van der Waals surface area (Å²) in [5, 5.41) is 0. The quantitative estimate of drug-likeness (QED) is 0.323. The van der Waals surface area contributed by atoms with Crippen molar-refractivity contribution in [3.8, 4) is 22.8 Å². The lowest BCUT2D eigenvalue weighted by atomic mass is 9.49.